The molecular weight excluding hydrogens is 222 g/mol. The van der Waals surface area contributed by atoms with Crippen LogP contribution in [0.3, 0.4) is 0 Å². The van der Waals surface area contributed by atoms with Gasteiger partial charge in [-0.25, -0.2) is 4.79 Å². The zero-order chi connectivity index (χ0) is 12.4. The molecule has 0 bridgehead atoms. The number of aromatic carboxylic acids is 1. The first-order chi connectivity index (χ1) is 8.11. The van der Waals surface area contributed by atoms with Gasteiger partial charge in [0.1, 0.15) is 6.61 Å². The SMILES string of the molecule is Cc1c(C(=O)O)cccc1N1CCOCC1=O. The van der Waals surface area contributed by atoms with Gasteiger partial charge in [-0.3, -0.25) is 4.79 Å². The van der Waals surface area contributed by atoms with E-state index in [-0.39, 0.29) is 18.1 Å². The first kappa shape index (κ1) is 11.6. The maximum atomic E-state index is 11.7. The van der Waals surface area contributed by atoms with Crippen LogP contribution in [0.1, 0.15) is 15.9 Å². The van der Waals surface area contributed by atoms with Crippen LogP contribution in [0.25, 0.3) is 0 Å². The van der Waals surface area contributed by atoms with E-state index in [1.54, 1.807) is 24.0 Å². The average Bonchev–Trinajstić information content (AvgIpc) is 2.30. The summed E-state index contributed by atoms with van der Waals surface area (Å²) < 4.78 is 5.04. The summed E-state index contributed by atoms with van der Waals surface area (Å²) in [6.07, 6.45) is 0. The maximum Gasteiger partial charge on any atom is 0.336 e. The summed E-state index contributed by atoms with van der Waals surface area (Å²) >= 11 is 0. The van der Waals surface area contributed by atoms with Crippen molar-refractivity contribution >= 4 is 17.6 Å². The van der Waals surface area contributed by atoms with Gasteiger partial charge in [-0.2, -0.15) is 0 Å². The van der Waals surface area contributed by atoms with Crippen molar-refractivity contribution in [1.82, 2.24) is 0 Å². The molecule has 0 aliphatic carbocycles. The minimum absolute atomic E-state index is 0.0523. The number of hydrogen-bond acceptors (Lipinski definition) is 3. The van der Waals surface area contributed by atoms with Gasteiger partial charge in [-0.15, -0.1) is 0 Å². The van der Waals surface area contributed by atoms with Crippen LogP contribution in [0.2, 0.25) is 0 Å². The second-order valence-corrected chi connectivity index (χ2v) is 3.85. The number of hydrogen-bond donors (Lipinski definition) is 1. The predicted molar refractivity (Wildman–Crippen MR) is 61.3 cm³/mol. The highest BCUT2D eigenvalue weighted by Crippen LogP contribution is 2.24. The van der Waals surface area contributed by atoms with Crippen LogP contribution in [-0.2, 0) is 9.53 Å². The fraction of sp³-hybridized carbons (Fsp3) is 0.333. The molecule has 5 heteroatoms. The van der Waals surface area contributed by atoms with Crippen molar-refractivity contribution in [2.45, 2.75) is 6.92 Å². The van der Waals surface area contributed by atoms with E-state index >= 15 is 0 Å². The highest BCUT2D eigenvalue weighted by Gasteiger charge is 2.23. The Hall–Kier alpha value is -1.88. The summed E-state index contributed by atoms with van der Waals surface area (Å²) in [5.41, 5.74) is 1.48. The summed E-state index contributed by atoms with van der Waals surface area (Å²) in [6.45, 7) is 2.70. The Bertz CT molecular complexity index is 470. The fourth-order valence-corrected chi connectivity index (χ4v) is 1.92. The molecule has 0 aromatic heterocycles. The van der Waals surface area contributed by atoms with Gasteiger partial charge < -0.3 is 14.7 Å². The number of nitrogens with zero attached hydrogens (tertiary/aromatic N) is 1. The van der Waals surface area contributed by atoms with Gasteiger partial charge in [0, 0.05) is 12.2 Å². The minimum Gasteiger partial charge on any atom is -0.478 e. The standard InChI is InChI=1S/C12H13NO4/c1-8-9(12(15)16)3-2-4-10(8)13-5-6-17-7-11(13)14/h2-4H,5-7H2,1H3,(H,15,16). The van der Waals surface area contributed by atoms with Gasteiger partial charge >= 0.3 is 5.97 Å². The fourth-order valence-electron chi connectivity index (χ4n) is 1.92. The Kier molecular flexibility index (Phi) is 3.10. The third-order valence-electron chi connectivity index (χ3n) is 2.81. The Balaban J connectivity index is 2.41. The van der Waals surface area contributed by atoms with Crippen molar-refractivity contribution in [3.05, 3.63) is 29.3 Å². The molecule has 1 N–H and O–H groups in total. The molecule has 90 valence electrons. The first-order valence-electron chi connectivity index (χ1n) is 5.32. The molecule has 5 nitrogen and oxygen atoms in total. The van der Waals surface area contributed by atoms with E-state index in [2.05, 4.69) is 0 Å². The molecule has 1 heterocycles. The molecular formula is C12H13NO4. The summed E-state index contributed by atoms with van der Waals surface area (Å²) in [6, 6.07) is 4.94. The highest BCUT2D eigenvalue weighted by atomic mass is 16.5. The Morgan fingerprint density at radius 2 is 2.24 bits per heavy atom. The molecule has 1 amide bonds. The Morgan fingerprint density at radius 3 is 2.88 bits per heavy atom. The lowest BCUT2D eigenvalue weighted by Crippen LogP contribution is -2.42. The molecule has 1 aliphatic rings. The number of rotatable bonds is 2. The third kappa shape index (κ3) is 2.14. The summed E-state index contributed by atoms with van der Waals surface area (Å²) in [5.74, 6) is -1.12. The van der Waals surface area contributed by atoms with Gasteiger partial charge in [-0.1, -0.05) is 6.07 Å². The van der Waals surface area contributed by atoms with E-state index in [1.807, 2.05) is 0 Å². The predicted octanol–water partition coefficient (Wildman–Crippen LogP) is 1.06. The van der Waals surface area contributed by atoms with E-state index in [9.17, 15) is 9.59 Å². The van der Waals surface area contributed by atoms with Crippen LogP contribution < -0.4 is 4.90 Å². The molecule has 2 rings (SSSR count). The van der Waals surface area contributed by atoms with Gasteiger partial charge in [0.2, 0.25) is 0 Å². The topological polar surface area (TPSA) is 66.8 Å². The zero-order valence-corrected chi connectivity index (χ0v) is 9.47. The quantitative estimate of drug-likeness (QED) is 0.832. The molecule has 17 heavy (non-hydrogen) atoms. The van der Waals surface area contributed by atoms with Gasteiger partial charge in [0.05, 0.1) is 12.2 Å². The van der Waals surface area contributed by atoms with Crippen molar-refractivity contribution < 1.29 is 19.4 Å². The molecule has 0 spiro atoms. The molecule has 0 unspecified atom stereocenters. The molecule has 1 aromatic carbocycles. The largest absolute Gasteiger partial charge is 0.478 e. The second kappa shape index (κ2) is 4.55. The lowest BCUT2D eigenvalue weighted by atomic mass is 10.1. The van der Waals surface area contributed by atoms with E-state index in [0.29, 0.717) is 24.4 Å². The van der Waals surface area contributed by atoms with Crippen molar-refractivity contribution in [2.24, 2.45) is 0 Å². The number of ether oxygens (including phenoxy) is 1. The first-order valence-corrected chi connectivity index (χ1v) is 5.32. The average molecular weight is 235 g/mol. The molecule has 0 atom stereocenters. The molecule has 1 aliphatic heterocycles. The molecule has 0 saturated carbocycles. The summed E-state index contributed by atoms with van der Waals surface area (Å²) in [4.78, 5) is 24.3. The van der Waals surface area contributed by atoms with Crippen molar-refractivity contribution in [3.8, 4) is 0 Å². The van der Waals surface area contributed by atoms with E-state index in [1.165, 1.54) is 6.07 Å². The third-order valence-corrected chi connectivity index (χ3v) is 2.81. The molecule has 0 radical (unpaired) electrons. The van der Waals surface area contributed by atoms with Crippen LogP contribution in [0.5, 0.6) is 0 Å². The Labute approximate surface area is 98.6 Å². The number of morpholine rings is 1. The number of amides is 1. The minimum atomic E-state index is -0.981. The van der Waals surface area contributed by atoms with Crippen molar-refractivity contribution in [1.29, 1.82) is 0 Å². The van der Waals surface area contributed by atoms with E-state index in [4.69, 9.17) is 9.84 Å². The smallest absolute Gasteiger partial charge is 0.336 e. The number of carboxylic acid groups (broad SMARTS) is 1. The van der Waals surface area contributed by atoms with Crippen LogP contribution >= 0.6 is 0 Å². The van der Waals surface area contributed by atoms with Gasteiger partial charge in [0.25, 0.3) is 5.91 Å². The van der Waals surface area contributed by atoms with Crippen LogP contribution in [0, 0.1) is 6.92 Å². The molecule has 1 fully saturated rings. The number of benzene rings is 1. The summed E-state index contributed by atoms with van der Waals surface area (Å²) in [5, 5.41) is 9.03. The Morgan fingerprint density at radius 1 is 1.47 bits per heavy atom. The lowest BCUT2D eigenvalue weighted by molar-refractivity contribution is -0.125. The van der Waals surface area contributed by atoms with Crippen molar-refractivity contribution in [2.75, 3.05) is 24.7 Å². The number of carbonyl (C=O) groups excluding carboxylic acids is 1. The van der Waals surface area contributed by atoms with Crippen LogP contribution in [0.4, 0.5) is 5.69 Å². The maximum absolute atomic E-state index is 11.7. The molecule has 1 aromatic rings. The van der Waals surface area contributed by atoms with Crippen LogP contribution in [0.15, 0.2) is 18.2 Å². The molecule has 1 saturated heterocycles. The zero-order valence-electron chi connectivity index (χ0n) is 9.47. The van der Waals surface area contributed by atoms with Gasteiger partial charge in [-0.05, 0) is 24.6 Å². The number of anilines is 1. The van der Waals surface area contributed by atoms with Crippen LogP contribution in [-0.4, -0.2) is 36.7 Å². The number of carboxylic acids is 1. The monoisotopic (exact) mass is 235 g/mol. The van der Waals surface area contributed by atoms with E-state index in [0.717, 1.165) is 0 Å². The summed E-state index contributed by atoms with van der Waals surface area (Å²) in [7, 11) is 0. The lowest BCUT2D eigenvalue weighted by Gasteiger charge is -2.28. The second-order valence-electron chi connectivity index (χ2n) is 3.85. The normalized spacial score (nSPS) is 16.1. The van der Waals surface area contributed by atoms with Gasteiger partial charge in [0.15, 0.2) is 0 Å². The van der Waals surface area contributed by atoms with E-state index < -0.39 is 5.97 Å². The highest BCUT2D eigenvalue weighted by molar-refractivity contribution is 5.98. The van der Waals surface area contributed by atoms with Crippen molar-refractivity contribution in [3.63, 3.8) is 0 Å². The number of carbonyl (C=O) groups is 2.